The number of nitrogens with two attached hydrogens (primary N) is 1. The third kappa shape index (κ3) is 8.33. The van der Waals surface area contributed by atoms with E-state index in [1.165, 1.54) is 16.4 Å². The maximum Gasteiger partial charge on any atom is 0.245 e. The van der Waals surface area contributed by atoms with E-state index >= 15 is 0 Å². The molecule has 1 aliphatic heterocycles. The zero-order valence-electron chi connectivity index (χ0n) is 27.2. The minimum absolute atomic E-state index is 0.0271. The fraction of sp³-hybridized carbons (Fsp3) is 0.314. The summed E-state index contributed by atoms with van der Waals surface area (Å²) in [6.07, 6.45) is 1.40. The number of nitrogens with zero attached hydrogens (tertiary/aromatic N) is 2. The number of pyridine rings is 1. The lowest BCUT2D eigenvalue weighted by Crippen LogP contribution is -2.46. The van der Waals surface area contributed by atoms with Gasteiger partial charge in [0.15, 0.2) is 0 Å². The molecule has 0 saturated carbocycles. The lowest BCUT2D eigenvalue weighted by molar-refractivity contribution is -0.125. The number of para-hydroxylation sites is 1. The van der Waals surface area contributed by atoms with Gasteiger partial charge in [-0.05, 0) is 68.5 Å². The minimum Gasteiger partial charge on any atom is -0.487 e. The van der Waals surface area contributed by atoms with Crippen LogP contribution in [-0.4, -0.2) is 54.5 Å². The summed E-state index contributed by atoms with van der Waals surface area (Å²) in [5, 5.41) is 14.2. The van der Waals surface area contributed by atoms with E-state index in [2.05, 4.69) is 15.6 Å². The first-order chi connectivity index (χ1) is 23.4. The third-order valence-corrected chi connectivity index (χ3v) is 11.2. The predicted octanol–water partition coefficient (Wildman–Crippen LogP) is 5.39. The summed E-state index contributed by atoms with van der Waals surface area (Å²) in [7, 11) is -4.19. The zero-order chi connectivity index (χ0) is 35.3. The Labute approximate surface area is 295 Å². The smallest absolute Gasteiger partial charge is 0.245 e. The highest BCUT2D eigenvalue weighted by atomic mass is 35.5. The van der Waals surface area contributed by atoms with E-state index < -0.39 is 22.0 Å². The third-order valence-electron chi connectivity index (χ3n) is 8.39. The fourth-order valence-corrected chi connectivity index (χ4v) is 8.34. The monoisotopic (exact) mass is 724 g/mol. The highest BCUT2D eigenvalue weighted by Crippen LogP contribution is 2.36. The second-order valence-corrected chi connectivity index (χ2v) is 14.6. The second-order valence-electron chi connectivity index (χ2n) is 11.9. The van der Waals surface area contributed by atoms with Gasteiger partial charge in [-0.3, -0.25) is 15.0 Å². The average molecular weight is 726 g/mol. The van der Waals surface area contributed by atoms with Gasteiger partial charge in [-0.25, -0.2) is 13.4 Å². The number of amides is 2. The van der Waals surface area contributed by atoms with Crippen LogP contribution in [0.25, 0.3) is 10.9 Å². The molecule has 1 unspecified atom stereocenters. The number of rotatable bonds is 13. The summed E-state index contributed by atoms with van der Waals surface area (Å²) < 4.78 is 35.1. The Kier molecular flexibility index (Phi) is 11.4. The summed E-state index contributed by atoms with van der Waals surface area (Å²) in [6, 6.07) is 16.5. The first-order valence-corrected chi connectivity index (χ1v) is 18.0. The molecule has 1 fully saturated rings. The van der Waals surface area contributed by atoms with Crippen LogP contribution in [0.1, 0.15) is 53.6 Å². The highest BCUT2D eigenvalue weighted by molar-refractivity contribution is 7.89. The van der Waals surface area contributed by atoms with Gasteiger partial charge >= 0.3 is 0 Å². The van der Waals surface area contributed by atoms with Crippen molar-refractivity contribution in [3.63, 3.8) is 0 Å². The minimum atomic E-state index is -4.19. The second kappa shape index (κ2) is 15.5. The highest BCUT2D eigenvalue weighted by Gasteiger charge is 2.40. The normalized spacial score (nSPS) is 14.9. The molecule has 49 heavy (non-hydrogen) atoms. The van der Waals surface area contributed by atoms with Crippen LogP contribution < -0.4 is 21.1 Å². The van der Waals surface area contributed by atoms with Gasteiger partial charge in [0.05, 0.1) is 5.02 Å². The van der Waals surface area contributed by atoms with Crippen LogP contribution in [0.4, 0.5) is 0 Å². The van der Waals surface area contributed by atoms with Crippen molar-refractivity contribution in [3.05, 3.63) is 98.7 Å². The molecule has 3 aromatic carbocycles. The molecule has 11 nitrogen and oxygen atoms in total. The van der Waals surface area contributed by atoms with Gasteiger partial charge in [-0.1, -0.05) is 59.6 Å². The topological polar surface area (TPSA) is 168 Å². The molecular formula is C35H38Cl2N6O5S. The van der Waals surface area contributed by atoms with E-state index in [1.54, 1.807) is 30.3 Å². The molecule has 0 aliphatic carbocycles. The Balaban J connectivity index is 1.19. The van der Waals surface area contributed by atoms with Crippen molar-refractivity contribution in [1.29, 1.82) is 5.41 Å². The van der Waals surface area contributed by atoms with Crippen molar-refractivity contribution in [2.45, 2.75) is 63.6 Å². The van der Waals surface area contributed by atoms with E-state index in [9.17, 15) is 18.0 Å². The van der Waals surface area contributed by atoms with Gasteiger partial charge in [0.25, 0.3) is 0 Å². The Morgan fingerprint density at radius 2 is 1.84 bits per heavy atom. The largest absolute Gasteiger partial charge is 0.487 e. The number of sulfonamides is 1. The van der Waals surface area contributed by atoms with Crippen molar-refractivity contribution >= 4 is 61.8 Å². The van der Waals surface area contributed by atoms with E-state index in [1.807, 2.05) is 32.0 Å². The van der Waals surface area contributed by atoms with Gasteiger partial charge < -0.3 is 21.1 Å². The van der Waals surface area contributed by atoms with Crippen molar-refractivity contribution in [1.82, 2.24) is 19.9 Å². The Morgan fingerprint density at radius 1 is 1.08 bits per heavy atom. The molecule has 0 bridgehead atoms. The number of amidine groups is 1. The van der Waals surface area contributed by atoms with Gasteiger partial charge in [-0.15, -0.1) is 0 Å². The Morgan fingerprint density at radius 3 is 2.57 bits per heavy atom. The molecule has 1 atom stereocenters. The first-order valence-electron chi connectivity index (χ1n) is 15.8. The molecule has 14 heteroatoms. The van der Waals surface area contributed by atoms with Crippen molar-refractivity contribution in [3.8, 4) is 5.75 Å². The van der Waals surface area contributed by atoms with Gasteiger partial charge in [0.2, 0.25) is 21.8 Å². The predicted molar refractivity (Wildman–Crippen MR) is 190 cm³/mol. The van der Waals surface area contributed by atoms with Crippen molar-refractivity contribution < 1.29 is 22.7 Å². The van der Waals surface area contributed by atoms with E-state index in [0.29, 0.717) is 48.2 Å². The maximum absolute atomic E-state index is 13.9. The number of ether oxygens (including phenoxy) is 1. The standard InChI is InChI=1S/C35H38Cl2N6O5S/c1-21-18-22(2)42-33-25(21)6-3-8-29(33)48-20-26-27(36)14-15-30(32(26)37)49(46,47)43-17-5-7-28(43)35(45)40-16-4-9-31(44)41-19-23-10-12-24(13-11-23)34(38)39/h3,6,8,10-15,18,28H,4-5,7,9,16-17,19-20H2,1-2H3,(H3,38,39)(H,40,45)(H,41,44). The fourth-order valence-electron chi connectivity index (χ4n) is 5.82. The van der Waals surface area contributed by atoms with E-state index in [4.69, 9.17) is 39.1 Å². The van der Waals surface area contributed by atoms with Gasteiger partial charge in [0.1, 0.15) is 34.6 Å². The number of aryl methyl sites for hydroxylation is 2. The van der Waals surface area contributed by atoms with Gasteiger partial charge in [0, 0.05) is 53.3 Å². The van der Waals surface area contributed by atoms with Gasteiger partial charge in [-0.2, -0.15) is 4.31 Å². The lowest BCUT2D eigenvalue weighted by atomic mass is 10.1. The molecule has 1 saturated heterocycles. The van der Waals surface area contributed by atoms with Crippen molar-refractivity contribution in [2.24, 2.45) is 5.73 Å². The SMILES string of the molecule is Cc1cc(C)c2cccc(OCc3c(Cl)ccc(S(=O)(=O)N4CCCC4C(=O)NCCCC(=O)NCc4ccc(C(=N)N)cc4)c3Cl)c2n1. The molecule has 5 rings (SSSR count). The number of hydrogen-bond acceptors (Lipinski definition) is 7. The number of aromatic nitrogens is 1. The molecule has 2 amide bonds. The number of halogens is 2. The number of carbonyl (C=O) groups is 2. The van der Waals surface area contributed by atoms with Crippen LogP contribution in [-0.2, 0) is 32.8 Å². The van der Waals surface area contributed by atoms with Crippen LogP contribution >= 0.6 is 23.2 Å². The number of fused-ring (bicyclic) bond motifs is 1. The molecule has 0 radical (unpaired) electrons. The first kappa shape index (κ1) is 36.1. The number of carbonyl (C=O) groups excluding carboxylic acids is 2. The van der Waals surface area contributed by atoms with E-state index in [-0.39, 0.29) is 52.8 Å². The van der Waals surface area contributed by atoms with Crippen LogP contribution in [0.2, 0.25) is 10.0 Å². The average Bonchev–Trinajstić information content (AvgIpc) is 3.57. The van der Waals surface area contributed by atoms with Crippen molar-refractivity contribution in [2.75, 3.05) is 13.1 Å². The van der Waals surface area contributed by atoms with Crippen LogP contribution in [0.5, 0.6) is 5.75 Å². The molecular weight excluding hydrogens is 687 g/mol. The number of nitrogen functional groups attached to an aromatic ring is 1. The molecule has 258 valence electrons. The maximum atomic E-state index is 13.9. The molecule has 4 aromatic rings. The van der Waals surface area contributed by atoms with Crippen LogP contribution in [0.15, 0.2) is 65.6 Å². The van der Waals surface area contributed by atoms with Crippen LogP contribution in [0, 0.1) is 19.3 Å². The molecule has 1 aromatic heterocycles. The zero-order valence-corrected chi connectivity index (χ0v) is 29.5. The lowest BCUT2D eigenvalue weighted by Gasteiger charge is -2.24. The summed E-state index contributed by atoms with van der Waals surface area (Å²) in [4.78, 5) is 30.0. The molecule has 1 aliphatic rings. The molecule has 5 N–H and O–H groups in total. The number of hydrogen-bond donors (Lipinski definition) is 4. The summed E-state index contributed by atoms with van der Waals surface area (Å²) in [6.45, 7) is 4.47. The molecule has 0 spiro atoms. The summed E-state index contributed by atoms with van der Waals surface area (Å²) in [5.74, 6) is -0.136. The van der Waals surface area contributed by atoms with E-state index in [0.717, 1.165) is 22.2 Å². The number of nitrogens with one attached hydrogen (secondary N) is 3. The Hall–Kier alpha value is -4.23. The molecule has 2 heterocycles. The van der Waals surface area contributed by atoms with Crippen LogP contribution in [0.3, 0.4) is 0 Å². The summed E-state index contributed by atoms with van der Waals surface area (Å²) >= 11 is 13.2. The number of benzene rings is 3. The quantitative estimate of drug-likeness (QED) is 0.0815. The summed E-state index contributed by atoms with van der Waals surface area (Å²) in [5.41, 5.74) is 9.81. The Bertz CT molecular complexity index is 2010.